The third kappa shape index (κ3) is 36.3. The number of hydrogen-bond acceptors (Lipinski definition) is 9. The first-order valence-electron chi connectivity index (χ1n) is 28.8. The molecule has 10 heteroatoms. The number of carbonyl (C=O) groups excluding carboxylic acids is 1. The number of carbonyl (C=O) groups is 1. The second kappa shape index (κ2) is 47.7. The third-order valence-electron chi connectivity index (χ3n) is 13.8. The van der Waals surface area contributed by atoms with Crippen LogP contribution in [0, 0.1) is 0 Å². The van der Waals surface area contributed by atoms with Crippen molar-refractivity contribution in [2.24, 2.45) is 0 Å². The summed E-state index contributed by atoms with van der Waals surface area (Å²) in [5, 5.41) is 65.0. The fraction of sp³-hybridized carbons (Fsp3) is 0.879. The molecular weight excluding hydrogens is 855 g/mol. The molecule has 400 valence electrons. The lowest BCUT2D eigenvalue weighted by Crippen LogP contribution is -2.60. The van der Waals surface area contributed by atoms with Crippen LogP contribution in [0.3, 0.4) is 0 Å². The molecule has 1 saturated heterocycles. The van der Waals surface area contributed by atoms with Crippen molar-refractivity contribution in [2.45, 2.75) is 313 Å². The zero-order chi connectivity index (χ0) is 49.6. The molecule has 0 bridgehead atoms. The highest BCUT2D eigenvalue weighted by Gasteiger charge is 2.44. The average Bonchev–Trinajstić information content (AvgIpc) is 3.34. The molecule has 0 aromatic heterocycles. The minimum Gasteiger partial charge on any atom is -0.394 e. The number of aliphatic hydroxyl groups excluding tert-OH is 6. The summed E-state index contributed by atoms with van der Waals surface area (Å²) in [4.78, 5) is 13.1. The zero-order valence-corrected chi connectivity index (χ0v) is 44.0. The molecule has 68 heavy (non-hydrogen) atoms. The lowest BCUT2D eigenvalue weighted by Gasteiger charge is -2.40. The summed E-state index contributed by atoms with van der Waals surface area (Å²) in [7, 11) is 0. The molecule has 1 rings (SSSR count). The van der Waals surface area contributed by atoms with Crippen molar-refractivity contribution in [1.82, 2.24) is 5.32 Å². The van der Waals surface area contributed by atoms with E-state index in [-0.39, 0.29) is 6.61 Å². The minimum absolute atomic E-state index is 0.303. The molecule has 1 heterocycles. The first kappa shape index (κ1) is 64.4. The van der Waals surface area contributed by atoms with Crippen LogP contribution in [-0.2, 0) is 14.3 Å². The predicted molar refractivity (Wildman–Crippen MR) is 282 cm³/mol. The van der Waals surface area contributed by atoms with E-state index in [1.165, 1.54) is 199 Å². The largest absolute Gasteiger partial charge is 0.394 e. The highest BCUT2D eigenvalue weighted by Crippen LogP contribution is 2.23. The molecule has 0 saturated carbocycles. The van der Waals surface area contributed by atoms with Gasteiger partial charge in [-0.05, 0) is 57.8 Å². The Balaban J connectivity index is 2.27. The smallest absolute Gasteiger partial charge is 0.249 e. The standard InChI is InChI=1S/C58H109NO9/c1-3-5-7-9-11-13-15-17-19-21-22-23-24-25-26-27-28-29-31-33-35-37-39-41-43-45-47-52(62)57(66)59-50(49-67-58-56(65)55(64)54(63)53(48-60)68-58)51(61)46-44-42-40-38-36-34-32-30-20-18-16-14-12-10-8-6-4-2/h25-26,36,38,44,46,50-56,58,60-65H,3-24,27-35,37,39-43,45,47-49H2,1-2H3,(H,59,66)/b26-25-,38-36+,46-44+. The van der Waals surface area contributed by atoms with Crippen molar-refractivity contribution >= 4 is 5.91 Å². The van der Waals surface area contributed by atoms with Gasteiger partial charge >= 0.3 is 0 Å². The van der Waals surface area contributed by atoms with E-state index in [0.717, 1.165) is 32.1 Å². The molecular formula is C58H109NO9. The first-order chi connectivity index (χ1) is 33.3. The monoisotopic (exact) mass is 964 g/mol. The molecule has 0 spiro atoms. The van der Waals surface area contributed by atoms with E-state index in [2.05, 4.69) is 43.5 Å². The van der Waals surface area contributed by atoms with Gasteiger partial charge < -0.3 is 45.4 Å². The Bertz CT molecular complexity index is 1180. The Hall–Kier alpha value is -1.63. The number of ether oxygens (including phenoxy) is 2. The number of amides is 1. The van der Waals surface area contributed by atoms with Crippen LogP contribution in [0.1, 0.15) is 264 Å². The van der Waals surface area contributed by atoms with Crippen LogP contribution >= 0.6 is 0 Å². The van der Waals surface area contributed by atoms with Crippen molar-refractivity contribution in [2.75, 3.05) is 13.2 Å². The van der Waals surface area contributed by atoms with Gasteiger partial charge in [-0.25, -0.2) is 0 Å². The van der Waals surface area contributed by atoms with Gasteiger partial charge in [0.25, 0.3) is 0 Å². The van der Waals surface area contributed by atoms with Crippen LogP contribution in [0.4, 0.5) is 0 Å². The maximum atomic E-state index is 13.1. The summed E-state index contributed by atoms with van der Waals surface area (Å²) in [6.07, 6.45) is 51.1. The number of unbranched alkanes of at least 4 members (excludes halogenated alkanes) is 34. The maximum absolute atomic E-state index is 13.1. The molecule has 1 aliphatic heterocycles. The van der Waals surface area contributed by atoms with Crippen LogP contribution in [0.25, 0.3) is 0 Å². The van der Waals surface area contributed by atoms with Gasteiger partial charge in [-0.3, -0.25) is 4.79 Å². The Morgan fingerprint density at radius 2 is 0.868 bits per heavy atom. The van der Waals surface area contributed by atoms with Crippen LogP contribution in [-0.4, -0.2) is 98.7 Å². The molecule has 0 aromatic rings. The Morgan fingerprint density at radius 1 is 0.500 bits per heavy atom. The normalized spacial score (nSPS) is 20.3. The van der Waals surface area contributed by atoms with Gasteiger partial charge in [0.15, 0.2) is 6.29 Å². The van der Waals surface area contributed by atoms with Crippen molar-refractivity contribution in [3.63, 3.8) is 0 Å². The lowest BCUT2D eigenvalue weighted by atomic mass is 9.99. The SMILES string of the molecule is CCCCCCCCCCCCC/C=C/CC/C=C/C(O)C(COC1OC(CO)C(O)C(O)C1O)NC(=O)C(O)CCCCCCCCCCCC/C=C\CCCCCCCCCCCCCC. The summed E-state index contributed by atoms with van der Waals surface area (Å²) in [5.41, 5.74) is 0. The predicted octanol–water partition coefficient (Wildman–Crippen LogP) is 12.9. The maximum Gasteiger partial charge on any atom is 0.249 e. The van der Waals surface area contributed by atoms with Crippen LogP contribution in [0.2, 0.25) is 0 Å². The van der Waals surface area contributed by atoms with E-state index >= 15 is 0 Å². The molecule has 8 atom stereocenters. The average molecular weight is 965 g/mol. The van der Waals surface area contributed by atoms with Gasteiger partial charge in [0.1, 0.15) is 30.5 Å². The van der Waals surface area contributed by atoms with Crippen LogP contribution in [0.5, 0.6) is 0 Å². The Kier molecular flexibility index (Phi) is 45.1. The van der Waals surface area contributed by atoms with Gasteiger partial charge in [-0.2, -0.15) is 0 Å². The minimum atomic E-state index is -1.62. The van der Waals surface area contributed by atoms with Crippen molar-refractivity contribution in [3.8, 4) is 0 Å². The molecule has 10 nitrogen and oxygen atoms in total. The highest BCUT2D eigenvalue weighted by atomic mass is 16.7. The number of rotatable bonds is 49. The lowest BCUT2D eigenvalue weighted by molar-refractivity contribution is -0.302. The van der Waals surface area contributed by atoms with Crippen molar-refractivity contribution in [3.05, 3.63) is 36.5 Å². The molecule has 0 aliphatic carbocycles. The summed E-state index contributed by atoms with van der Waals surface area (Å²) in [6, 6.07) is -0.997. The number of hydrogen-bond donors (Lipinski definition) is 7. The summed E-state index contributed by atoms with van der Waals surface area (Å²) < 4.78 is 11.2. The van der Waals surface area contributed by atoms with Gasteiger partial charge in [-0.15, -0.1) is 0 Å². The van der Waals surface area contributed by atoms with E-state index in [1.54, 1.807) is 6.08 Å². The Morgan fingerprint density at radius 3 is 1.28 bits per heavy atom. The molecule has 8 unspecified atom stereocenters. The first-order valence-corrected chi connectivity index (χ1v) is 28.8. The second-order valence-corrected chi connectivity index (χ2v) is 20.2. The molecule has 1 amide bonds. The van der Waals surface area contributed by atoms with E-state index < -0.39 is 61.5 Å². The summed E-state index contributed by atoms with van der Waals surface area (Å²) >= 11 is 0. The number of nitrogens with one attached hydrogen (secondary N) is 1. The molecule has 1 fully saturated rings. The van der Waals surface area contributed by atoms with E-state index in [1.807, 2.05) is 6.08 Å². The second-order valence-electron chi connectivity index (χ2n) is 20.2. The summed E-state index contributed by atoms with van der Waals surface area (Å²) in [6.45, 7) is 3.62. The highest BCUT2D eigenvalue weighted by molar-refractivity contribution is 5.80. The van der Waals surface area contributed by atoms with Gasteiger partial charge in [0, 0.05) is 0 Å². The van der Waals surface area contributed by atoms with Crippen LogP contribution < -0.4 is 5.32 Å². The quantitative estimate of drug-likeness (QED) is 0.0232. The van der Waals surface area contributed by atoms with E-state index in [0.29, 0.717) is 19.3 Å². The summed E-state index contributed by atoms with van der Waals surface area (Å²) in [5.74, 6) is -0.625. The zero-order valence-electron chi connectivity index (χ0n) is 44.0. The molecule has 0 aromatic carbocycles. The van der Waals surface area contributed by atoms with Gasteiger partial charge in [0.05, 0.1) is 25.4 Å². The van der Waals surface area contributed by atoms with Crippen LogP contribution in [0.15, 0.2) is 36.5 Å². The van der Waals surface area contributed by atoms with E-state index in [4.69, 9.17) is 9.47 Å². The van der Waals surface area contributed by atoms with Gasteiger partial charge in [0.2, 0.25) is 5.91 Å². The van der Waals surface area contributed by atoms with Crippen molar-refractivity contribution in [1.29, 1.82) is 0 Å². The third-order valence-corrected chi connectivity index (χ3v) is 13.8. The topological polar surface area (TPSA) is 169 Å². The van der Waals surface area contributed by atoms with Crippen molar-refractivity contribution < 1.29 is 44.9 Å². The van der Waals surface area contributed by atoms with E-state index in [9.17, 15) is 35.4 Å². The number of allylic oxidation sites excluding steroid dienone is 5. The Labute approximate surface area is 417 Å². The molecule has 0 radical (unpaired) electrons. The fourth-order valence-electron chi connectivity index (χ4n) is 9.12. The fourth-order valence-corrected chi connectivity index (χ4v) is 9.12. The van der Waals surface area contributed by atoms with Gasteiger partial charge in [-0.1, -0.05) is 243 Å². The molecule has 7 N–H and O–H groups in total. The number of aliphatic hydroxyl groups is 6. The molecule has 1 aliphatic rings.